The molecule has 10 nitrogen and oxygen atoms in total. The predicted molar refractivity (Wildman–Crippen MR) is 119 cm³/mol. The molecule has 3 heterocycles. The van der Waals surface area contributed by atoms with Crippen molar-refractivity contribution in [1.29, 1.82) is 5.26 Å². The fourth-order valence-electron chi connectivity index (χ4n) is 4.66. The van der Waals surface area contributed by atoms with Gasteiger partial charge < -0.3 is 23.9 Å². The van der Waals surface area contributed by atoms with Gasteiger partial charge in [0.25, 0.3) is 6.23 Å². The summed E-state index contributed by atoms with van der Waals surface area (Å²) >= 11 is 0. The second-order valence-electron chi connectivity index (χ2n) is 8.87. The van der Waals surface area contributed by atoms with Crippen LogP contribution in [0.25, 0.3) is 11.1 Å². The topological polar surface area (TPSA) is 118 Å². The van der Waals surface area contributed by atoms with Gasteiger partial charge in [-0.1, -0.05) is 23.3 Å². The van der Waals surface area contributed by atoms with E-state index in [4.69, 9.17) is 24.3 Å². The van der Waals surface area contributed by atoms with E-state index in [9.17, 15) is 18.8 Å². The number of hydrogen-bond donors (Lipinski definition) is 0. The zero-order valence-electron chi connectivity index (χ0n) is 19.4. The van der Waals surface area contributed by atoms with Gasteiger partial charge in [0.05, 0.1) is 30.4 Å². The van der Waals surface area contributed by atoms with Crippen molar-refractivity contribution in [2.75, 3.05) is 26.2 Å². The van der Waals surface area contributed by atoms with Crippen LogP contribution in [0.2, 0.25) is 0 Å². The van der Waals surface area contributed by atoms with E-state index in [1.165, 1.54) is 36.4 Å². The number of fused-ring (bicyclic) bond motifs is 2. The van der Waals surface area contributed by atoms with Gasteiger partial charge >= 0.3 is 18.0 Å². The first-order valence-corrected chi connectivity index (χ1v) is 11.5. The van der Waals surface area contributed by atoms with Crippen molar-refractivity contribution >= 4 is 18.0 Å². The number of nitrogens with zero attached hydrogens (tertiary/aromatic N) is 3. The Bertz CT molecular complexity index is 1290. The highest BCUT2D eigenvalue weighted by molar-refractivity contribution is 6.30. The molecule has 0 radical (unpaired) electrons. The molecule has 5 rings (SSSR count). The molecule has 2 aromatic carbocycles. The number of benzene rings is 2. The second kappa shape index (κ2) is 9.76. The molecule has 0 N–H and O–H groups in total. The molecule has 0 saturated carbocycles. The van der Waals surface area contributed by atoms with Gasteiger partial charge in [-0.3, -0.25) is 0 Å². The Kier molecular flexibility index (Phi) is 6.49. The third-order valence-corrected chi connectivity index (χ3v) is 6.69. The zero-order chi connectivity index (χ0) is 26.2. The number of hydrogen-bond acceptors (Lipinski definition) is 9. The fourth-order valence-corrected chi connectivity index (χ4v) is 4.66. The van der Waals surface area contributed by atoms with Crippen molar-refractivity contribution in [2.24, 2.45) is 0 Å². The molecule has 1 spiro atoms. The molecule has 2 aromatic rings. The maximum atomic E-state index is 15.1. The van der Waals surface area contributed by atoms with Gasteiger partial charge in [0.1, 0.15) is 11.6 Å². The summed E-state index contributed by atoms with van der Waals surface area (Å²) in [5.41, 5.74) is -0.378. The van der Waals surface area contributed by atoms with Crippen molar-refractivity contribution in [2.45, 2.75) is 31.3 Å². The van der Waals surface area contributed by atoms with Crippen LogP contribution in [0.1, 0.15) is 24.0 Å². The lowest BCUT2D eigenvalue weighted by Gasteiger charge is -2.40. The molecule has 0 aliphatic carbocycles. The summed E-state index contributed by atoms with van der Waals surface area (Å²) in [5.74, 6) is -3.88. The van der Waals surface area contributed by atoms with E-state index in [0.717, 1.165) is 0 Å². The number of nitriles is 1. The summed E-state index contributed by atoms with van der Waals surface area (Å²) in [6.07, 6.45) is -1.34. The monoisotopic (exact) mass is 513 g/mol. The molecule has 37 heavy (non-hydrogen) atoms. The quantitative estimate of drug-likeness (QED) is 0.326. The van der Waals surface area contributed by atoms with Gasteiger partial charge in [-0.25, -0.2) is 23.2 Å². The number of piperidine rings is 1. The lowest BCUT2D eigenvalue weighted by molar-refractivity contribution is -0.251. The highest BCUT2D eigenvalue weighted by atomic mass is 19.1. The minimum Gasteiger partial charge on any atom is -0.434 e. The molecule has 192 valence electrons. The summed E-state index contributed by atoms with van der Waals surface area (Å²) in [6, 6.07) is 10.5. The summed E-state index contributed by atoms with van der Waals surface area (Å²) in [4.78, 5) is 41.9. The van der Waals surface area contributed by atoms with Crippen LogP contribution in [0.4, 0.5) is 13.6 Å². The lowest BCUT2D eigenvalue weighted by Crippen LogP contribution is -2.57. The number of carbonyl (C=O) groups is 3. The molecule has 12 heteroatoms. The normalized spacial score (nSPS) is 20.7. The van der Waals surface area contributed by atoms with E-state index in [1.54, 1.807) is 0 Å². The van der Waals surface area contributed by atoms with Crippen molar-refractivity contribution in [3.05, 3.63) is 59.2 Å². The first-order valence-electron chi connectivity index (χ1n) is 11.5. The van der Waals surface area contributed by atoms with E-state index < -0.39 is 41.5 Å². The van der Waals surface area contributed by atoms with Crippen LogP contribution in [0.15, 0.2) is 36.4 Å². The van der Waals surface area contributed by atoms with Gasteiger partial charge in [0.15, 0.2) is 5.60 Å². The standard InChI is InChI=1S/C25H21F2N3O7/c26-18-6-5-17(20(27)19(18)16-3-1-15(13-28)2-4-16)14-34-12-11-29-9-7-25(8-10-29)23-30(24(33)36-25)37-22(32)21(31)35-23/h1-6,23H,7-12,14H2. The van der Waals surface area contributed by atoms with E-state index in [-0.39, 0.29) is 24.3 Å². The smallest absolute Gasteiger partial charge is 0.434 e. The van der Waals surface area contributed by atoms with Crippen LogP contribution >= 0.6 is 0 Å². The summed E-state index contributed by atoms with van der Waals surface area (Å²) in [5, 5.41) is 9.58. The van der Waals surface area contributed by atoms with Crippen LogP contribution in [0.3, 0.4) is 0 Å². The first kappa shape index (κ1) is 24.6. The van der Waals surface area contributed by atoms with Crippen molar-refractivity contribution < 1.29 is 42.2 Å². The fraction of sp³-hybridized carbons (Fsp3) is 0.360. The second-order valence-corrected chi connectivity index (χ2v) is 8.87. The molecule has 0 bridgehead atoms. The first-order chi connectivity index (χ1) is 17.8. The van der Waals surface area contributed by atoms with Crippen molar-refractivity contribution in [1.82, 2.24) is 9.96 Å². The third kappa shape index (κ3) is 4.59. The summed E-state index contributed by atoms with van der Waals surface area (Å²) < 4.78 is 45.6. The number of hydroxylamine groups is 2. The van der Waals surface area contributed by atoms with E-state index in [1.807, 2.05) is 11.0 Å². The van der Waals surface area contributed by atoms with Crippen LogP contribution in [0, 0.1) is 23.0 Å². The third-order valence-electron chi connectivity index (χ3n) is 6.69. The Hall–Kier alpha value is -4.08. The van der Waals surface area contributed by atoms with Crippen LogP contribution in [-0.4, -0.2) is 66.1 Å². The minimum absolute atomic E-state index is 0.0663. The predicted octanol–water partition coefficient (Wildman–Crippen LogP) is 2.65. The van der Waals surface area contributed by atoms with Crippen molar-refractivity contribution in [3.63, 3.8) is 0 Å². The number of rotatable bonds is 6. The molecule has 1 amide bonds. The lowest BCUT2D eigenvalue weighted by atomic mass is 9.89. The number of halogens is 2. The maximum absolute atomic E-state index is 15.1. The largest absolute Gasteiger partial charge is 0.447 e. The van der Waals surface area contributed by atoms with E-state index in [0.29, 0.717) is 48.7 Å². The Morgan fingerprint density at radius 1 is 1.05 bits per heavy atom. The Labute approximate surface area is 209 Å². The number of amides is 1. The number of ether oxygens (including phenoxy) is 3. The number of carbonyl (C=O) groups excluding carboxylic acids is 3. The Balaban J connectivity index is 1.14. The Morgan fingerprint density at radius 3 is 2.49 bits per heavy atom. The molecular weight excluding hydrogens is 492 g/mol. The maximum Gasteiger partial charge on any atom is 0.447 e. The average Bonchev–Trinajstić information content (AvgIpc) is 3.14. The molecule has 3 fully saturated rings. The molecule has 0 aromatic heterocycles. The number of likely N-dealkylation sites (tertiary alicyclic amines) is 1. The van der Waals surface area contributed by atoms with Crippen LogP contribution in [0.5, 0.6) is 0 Å². The highest BCUT2D eigenvalue weighted by Gasteiger charge is 2.62. The summed E-state index contributed by atoms with van der Waals surface area (Å²) in [7, 11) is 0. The van der Waals surface area contributed by atoms with Gasteiger partial charge in [-0.05, 0) is 23.8 Å². The SMILES string of the molecule is N#Cc1ccc(-c2c(F)ccc(COCCN3CCC4(CC3)OC(=O)N3OC(=O)C(=O)OC34)c2F)cc1. The average molecular weight is 513 g/mol. The molecule has 3 aliphatic heterocycles. The van der Waals surface area contributed by atoms with Crippen molar-refractivity contribution in [3.8, 4) is 17.2 Å². The number of esters is 1. The Morgan fingerprint density at radius 2 is 1.78 bits per heavy atom. The molecule has 3 saturated heterocycles. The molecular formula is C25H21F2N3O7. The molecule has 3 aliphatic rings. The van der Waals surface area contributed by atoms with E-state index in [2.05, 4.69) is 0 Å². The highest BCUT2D eigenvalue weighted by Crippen LogP contribution is 2.41. The van der Waals surface area contributed by atoms with Gasteiger partial charge in [-0.2, -0.15) is 5.26 Å². The van der Waals surface area contributed by atoms with Crippen LogP contribution < -0.4 is 0 Å². The summed E-state index contributed by atoms with van der Waals surface area (Å²) in [6.45, 7) is 1.67. The van der Waals surface area contributed by atoms with Gasteiger partial charge in [0, 0.05) is 38.0 Å². The van der Waals surface area contributed by atoms with Gasteiger partial charge in [-0.15, -0.1) is 0 Å². The van der Waals surface area contributed by atoms with Gasteiger partial charge in [0.2, 0.25) is 0 Å². The van der Waals surface area contributed by atoms with E-state index >= 15 is 4.39 Å². The molecule has 1 atom stereocenters. The molecule has 1 unspecified atom stereocenters. The zero-order valence-corrected chi connectivity index (χ0v) is 19.4. The van der Waals surface area contributed by atoms with Crippen LogP contribution in [-0.2, 0) is 35.2 Å². The minimum atomic E-state index is -1.28.